The van der Waals surface area contributed by atoms with Crippen molar-refractivity contribution in [3.8, 4) is 0 Å². The van der Waals surface area contributed by atoms with E-state index in [1.54, 1.807) is 11.3 Å². The van der Waals surface area contributed by atoms with Gasteiger partial charge in [-0.25, -0.2) is 0 Å². The summed E-state index contributed by atoms with van der Waals surface area (Å²) in [5.41, 5.74) is 1.000. The van der Waals surface area contributed by atoms with Crippen molar-refractivity contribution in [2.24, 2.45) is 29.6 Å². The molecular weight excluding hydrogens is 276 g/mol. The molecule has 4 saturated carbocycles. The second kappa shape index (κ2) is 4.42. The fourth-order valence-corrected chi connectivity index (χ4v) is 6.64. The van der Waals surface area contributed by atoms with E-state index in [1.165, 1.54) is 42.2 Å². The van der Waals surface area contributed by atoms with Crippen LogP contribution in [0, 0.1) is 29.6 Å². The number of carbonyl (C=O) groups is 1. The quantitative estimate of drug-likeness (QED) is 0.700. The number of thiophene rings is 1. The molecule has 0 amide bonds. The number of ketones is 1. The fraction of sp³-hybridized carbons (Fsp3) is 0.526. The highest BCUT2D eigenvalue weighted by molar-refractivity contribution is 7.17. The van der Waals surface area contributed by atoms with Crippen molar-refractivity contribution < 1.29 is 4.79 Å². The predicted octanol–water partition coefficient (Wildman–Crippen LogP) is 5.16. The zero-order chi connectivity index (χ0) is 14.0. The van der Waals surface area contributed by atoms with E-state index in [4.69, 9.17) is 0 Å². The van der Waals surface area contributed by atoms with Crippen LogP contribution in [0.4, 0.5) is 0 Å². The Morgan fingerprint density at radius 2 is 1.67 bits per heavy atom. The topological polar surface area (TPSA) is 17.1 Å². The van der Waals surface area contributed by atoms with Crippen molar-refractivity contribution in [3.63, 3.8) is 0 Å². The van der Waals surface area contributed by atoms with E-state index < -0.39 is 0 Å². The highest BCUT2D eigenvalue weighted by atomic mass is 32.1. The summed E-state index contributed by atoms with van der Waals surface area (Å²) < 4.78 is 1.20. The first kappa shape index (κ1) is 12.4. The molecule has 0 aliphatic heterocycles. The number of benzene rings is 1. The summed E-state index contributed by atoms with van der Waals surface area (Å²) in [5, 5.41) is 3.34. The number of hydrogen-bond acceptors (Lipinski definition) is 2. The lowest BCUT2D eigenvalue weighted by Crippen LogP contribution is -2.48. The minimum Gasteiger partial charge on any atom is -0.294 e. The van der Waals surface area contributed by atoms with Crippen LogP contribution in [0.5, 0.6) is 0 Å². The molecule has 4 bridgehead atoms. The van der Waals surface area contributed by atoms with Crippen molar-refractivity contribution >= 4 is 27.2 Å². The highest BCUT2D eigenvalue weighted by Gasteiger charge is 2.50. The Bertz CT molecular complexity index is 685. The Morgan fingerprint density at radius 3 is 2.38 bits per heavy atom. The van der Waals surface area contributed by atoms with Crippen molar-refractivity contribution in [2.75, 3.05) is 0 Å². The molecule has 1 nitrogen and oxygen atoms in total. The van der Waals surface area contributed by atoms with E-state index in [0.29, 0.717) is 23.5 Å². The molecule has 2 heteroatoms. The number of rotatable bonds is 2. The standard InChI is InChI=1S/C19H20OS/c20-18(16-3-1-2-13-4-5-21-19(13)16)17-14-7-11-6-12(9-14)10-15(17)8-11/h1-5,11-12,14-15,17H,6-10H2. The third kappa shape index (κ3) is 1.78. The van der Waals surface area contributed by atoms with Crippen molar-refractivity contribution in [3.05, 3.63) is 35.2 Å². The molecule has 1 aromatic carbocycles. The van der Waals surface area contributed by atoms with E-state index in [0.717, 1.165) is 17.4 Å². The Balaban J connectivity index is 1.55. The van der Waals surface area contributed by atoms with Crippen LogP contribution in [0.25, 0.3) is 10.1 Å². The first-order valence-electron chi connectivity index (χ1n) is 8.30. The largest absolute Gasteiger partial charge is 0.294 e. The molecule has 4 fully saturated rings. The molecule has 1 heterocycles. The SMILES string of the molecule is O=C(c1cccc2ccsc12)C1C2CC3CC(C2)CC1C3. The van der Waals surface area contributed by atoms with Gasteiger partial charge in [-0.1, -0.05) is 12.1 Å². The molecule has 6 rings (SSSR count). The molecular formula is C19H20OS. The van der Waals surface area contributed by atoms with E-state index in [2.05, 4.69) is 29.6 Å². The van der Waals surface area contributed by atoms with Gasteiger partial charge in [0.05, 0.1) is 0 Å². The average molecular weight is 296 g/mol. The van der Waals surface area contributed by atoms with Gasteiger partial charge in [0.2, 0.25) is 0 Å². The smallest absolute Gasteiger partial charge is 0.167 e. The maximum absolute atomic E-state index is 13.3. The van der Waals surface area contributed by atoms with E-state index in [1.807, 2.05) is 0 Å². The van der Waals surface area contributed by atoms with E-state index >= 15 is 0 Å². The fourth-order valence-electron chi connectivity index (χ4n) is 5.72. The van der Waals surface area contributed by atoms with Crippen molar-refractivity contribution in [1.29, 1.82) is 0 Å². The first-order valence-corrected chi connectivity index (χ1v) is 9.18. The van der Waals surface area contributed by atoms with Crippen LogP contribution in [-0.2, 0) is 0 Å². The molecule has 0 atom stereocenters. The lowest BCUT2D eigenvalue weighted by molar-refractivity contribution is -0.0250. The molecule has 0 N–H and O–H groups in total. The second-order valence-electron chi connectivity index (χ2n) is 7.47. The van der Waals surface area contributed by atoms with Gasteiger partial charge >= 0.3 is 0 Å². The summed E-state index contributed by atoms with van der Waals surface area (Å²) >= 11 is 1.72. The van der Waals surface area contributed by atoms with Gasteiger partial charge in [-0.3, -0.25) is 4.79 Å². The molecule has 4 aliphatic rings. The zero-order valence-electron chi connectivity index (χ0n) is 12.1. The summed E-state index contributed by atoms with van der Waals surface area (Å²) in [7, 11) is 0. The maximum atomic E-state index is 13.3. The van der Waals surface area contributed by atoms with Gasteiger partial charge < -0.3 is 0 Å². The summed E-state index contributed by atoms with van der Waals surface area (Å²) in [6.45, 7) is 0. The molecule has 2 aromatic rings. The maximum Gasteiger partial charge on any atom is 0.167 e. The minimum atomic E-state index is 0.325. The number of hydrogen-bond donors (Lipinski definition) is 0. The van der Waals surface area contributed by atoms with Gasteiger partial charge in [0.1, 0.15) is 0 Å². The molecule has 4 aliphatic carbocycles. The normalized spacial score (nSPS) is 37.2. The number of carbonyl (C=O) groups excluding carboxylic acids is 1. The van der Waals surface area contributed by atoms with Crippen LogP contribution in [0.2, 0.25) is 0 Å². The summed E-state index contributed by atoms with van der Waals surface area (Å²) in [6, 6.07) is 8.37. The molecule has 108 valence electrons. The van der Waals surface area contributed by atoms with Gasteiger partial charge in [0.25, 0.3) is 0 Å². The first-order chi connectivity index (χ1) is 10.3. The van der Waals surface area contributed by atoms with Gasteiger partial charge in [0, 0.05) is 16.2 Å². The van der Waals surface area contributed by atoms with Crippen molar-refractivity contribution in [1.82, 2.24) is 0 Å². The van der Waals surface area contributed by atoms with Gasteiger partial charge in [-0.05, 0) is 78.7 Å². The Labute approximate surface area is 129 Å². The van der Waals surface area contributed by atoms with Gasteiger partial charge in [0.15, 0.2) is 5.78 Å². The van der Waals surface area contributed by atoms with Crippen LogP contribution >= 0.6 is 11.3 Å². The van der Waals surface area contributed by atoms with E-state index in [-0.39, 0.29) is 0 Å². The lowest BCUT2D eigenvalue weighted by Gasteiger charge is -2.53. The second-order valence-corrected chi connectivity index (χ2v) is 8.38. The van der Waals surface area contributed by atoms with Crippen LogP contribution in [0.3, 0.4) is 0 Å². The highest BCUT2D eigenvalue weighted by Crippen LogP contribution is 2.57. The summed E-state index contributed by atoms with van der Waals surface area (Å²) in [6.07, 6.45) is 6.75. The summed E-state index contributed by atoms with van der Waals surface area (Å²) in [5.74, 6) is 4.03. The zero-order valence-corrected chi connectivity index (χ0v) is 12.9. The molecule has 0 saturated heterocycles. The molecule has 0 radical (unpaired) electrons. The monoisotopic (exact) mass is 296 g/mol. The average Bonchev–Trinajstić information content (AvgIpc) is 2.94. The number of Topliss-reactive ketones (excluding diaryl/α,β-unsaturated/α-hetero) is 1. The molecule has 1 aromatic heterocycles. The third-order valence-electron chi connectivity index (χ3n) is 6.27. The van der Waals surface area contributed by atoms with Gasteiger partial charge in [-0.15, -0.1) is 11.3 Å². The lowest BCUT2D eigenvalue weighted by atomic mass is 9.51. The van der Waals surface area contributed by atoms with E-state index in [9.17, 15) is 4.79 Å². The molecule has 0 spiro atoms. The van der Waals surface area contributed by atoms with Crippen LogP contribution in [0.1, 0.15) is 42.5 Å². The summed E-state index contributed by atoms with van der Waals surface area (Å²) in [4.78, 5) is 13.3. The molecule has 0 unspecified atom stereocenters. The minimum absolute atomic E-state index is 0.325. The van der Waals surface area contributed by atoms with Crippen LogP contribution < -0.4 is 0 Å². The Hall–Kier alpha value is -1.15. The Kier molecular flexibility index (Phi) is 2.61. The van der Waals surface area contributed by atoms with Crippen LogP contribution in [-0.4, -0.2) is 5.78 Å². The van der Waals surface area contributed by atoms with Crippen molar-refractivity contribution in [2.45, 2.75) is 32.1 Å². The van der Waals surface area contributed by atoms with Crippen LogP contribution in [0.15, 0.2) is 29.6 Å². The van der Waals surface area contributed by atoms with Gasteiger partial charge in [-0.2, -0.15) is 0 Å². The number of fused-ring (bicyclic) bond motifs is 1. The predicted molar refractivity (Wildman–Crippen MR) is 86.7 cm³/mol. The Morgan fingerprint density at radius 1 is 0.952 bits per heavy atom. The molecule has 21 heavy (non-hydrogen) atoms. The third-order valence-corrected chi connectivity index (χ3v) is 7.24.